The molecule has 0 radical (unpaired) electrons. The highest BCUT2D eigenvalue weighted by atomic mass is 32.2. The van der Waals surface area contributed by atoms with E-state index in [1.807, 2.05) is 0 Å². The second kappa shape index (κ2) is 1.86. The third-order valence-electron chi connectivity index (χ3n) is 1.12. The van der Waals surface area contributed by atoms with Crippen LogP contribution in [0.4, 0.5) is 0 Å². The van der Waals surface area contributed by atoms with Gasteiger partial charge in [-0.2, -0.15) is 0 Å². The lowest BCUT2D eigenvalue weighted by Gasteiger charge is -1.90. The Bertz CT molecular complexity index is 90.1. The first-order valence-electron chi connectivity index (χ1n) is 2.53. The Morgan fingerprint density at radius 1 is 1.86 bits per heavy atom. The fourth-order valence-corrected chi connectivity index (χ4v) is 1.65. The van der Waals surface area contributed by atoms with Crippen molar-refractivity contribution in [2.75, 3.05) is 0 Å². The molecule has 0 spiro atoms. The summed E-state index contributed by atoms with van der Waals surface area (Å²) in [4.78, 5) is 0. The van der Waals surface area contributed by atoms with Crippen LogP contribution in [-0.4, -0.2) is 10.3 Å². The predicted molar refractivity (Wildman–Crippen MR) is 34.0 cm³/mol. The Balaban J connectivity index is 2.40. The summed E-state index contributed by atoms with van der Waals surface area (Å²) in [6.07, 6.45) is 2.23. The van der Waals surface area contributed by atoms with Crippen LogP contribution in [0.5, 0.6) is 0 Å². The van der Waals surface area contributed by atoms with E-state index in [1.54, 1.807) is 11.8 Å². The molecule has 7 heavy (non-hydrogen) atoms. The summed E-state index contributed by atoms with van der Waals surface area (Å²) < 4.78 is 0. The molecule has 1 N–H and O–H groups in total. The molecular formula is C5H9NS. The summed E-state index contributed by atoms with van der Waals surface area (Å²) in [6.45, 7) is 2.17. The number of rotatable bonds is 0. The van der Waals surface area contributed by atoms with Crippen molar-refractivity contribution in [2.24, 2.45) is 0 Å². The zero-order valence-electron chi connectivity index (χ0n) is 4.40. The van der Waals surface area contributed by atoms with Gasteiger partial charge in [0.15, 0.2) is 0 Å². The molecule has 0 bridgehead atoms. The summed E-state index contributed by atoms with van der Waals surface area (Å²) >= 11 is 1.70. The first-order chi connectivity index (χ1) is 3.29. The maximum absolute atomic E-state index is 7.14. The van der Waals surface area contributed by atoms with Crippen LogP contribution in [0.3, 0.4) is 0 Å². The van der Waals surface area contributed by atoms with Crippen molar-refractivity contribution in [3.63, 3.8) is 0 Å². The van der Waals surface area contributed by atoms with Gasteiger partial charge in [-0.25, -0.2) is 0 Å². The van der Waals surface area contributed by atoms with Crippen LogP contribution in [0.15, 0.2) is 0 Å². The summed E-state index contributed by atoms with van der Waals surface area (Å²) in [7, 11) is 0. The number of thioether (sulfide) groups is 1. The normalized spacial score (nSPS) is 31.6. The van der Waals surface area contributed by atoms with Gasteiger partial charge < -0.3 is 0 Å². The third kappa shape index (κ3) is 1.20. The lowest BCUT2D eigenvalue weighted by molar-refractivity contribution is 0.882. The minimum atomic E-state index is 0.715. The van der Waals surface area contributed by atoms with Crippen molar-refractivity contribution in [3.05, 3.63) is 0 Å². The van der Waals surface area contributed by atoms with Gasteiger partial charge in [-0.15, -0.1) is 11.8 Å². The van der Waals surface area contributed by atoms with E-state index in [2.05, 4.69) is 6.92 Å². The first-order valence-corrected chi connectivity index (χ1v) is 3.41. The topological polar surface area (TPSA) is 23.9 Å². The zero-order chi connectivity index (χ0) is 5.28. The fraction of sp³-hybridized carbons (Fsp3) is 0.800. The number of hydrogen-bond donors (Lipinski definition) is 1. The van der Waals surface area contributed by atoms with Crippen LogP contribution in [0.25, 0.3) is 0 Å². The minimum absolute atomic E-state index is 0.715. The monoisotopic (exact) mass is 115 g/mol. The van der Waals surface area contributed by atoms with E-state index in [0.717, 1.165) is 11.5 Å². The summed E-state index contributed by atoms with van der Waals surface area (Å²) in [5.41, 5.74) is 0. The molecule has 2 heteroatoms. The molecule has 0 aromatic carbocycles. The molecule has 0 amide bonds. The Morgan fingerprint density at radius 2 is 2.57 bits per heavy atom. The molecule has 1 aliphatic rings. The molecule has 1 saturated heterocycles. The van der Waals surface area contributed by atoms with Crippen molar-refractivity contribution in [1.82, 2.24) is 0 Å². The van der Waals surface area contributed by atoms with Crippen molar-refractivity contribution in [1.29, 1.82) is 5.41 Å². The Labute approximate surface area is 48.0 Å². The molecule has 1 atom stereocenters. The average Bonchev–Trinajstić information content (AvgIpc) is 1.87. The summed E-state index contributed by atoms with van der Waals surface area (Å²) in [6, 6.07) is 0. The van der Waals surface area contributed by atoms with E-state index in [4.69, 9.17) is 5.41 Å². The number of hydrogen-bond acceptors (Lipinski definition) is 2. The fourth-order valence-electron chi connectivity index (χ4n) is 0.695. The van der Waals surface area contributed by atoms with Gasteiger partial charge in [0.1, 0.15) is 0 Å². The first kappa shape index (κ1) is 5.16. The molecule has 0 aliphatic carbocycles. The summed E-state index contributed by atoms with van der Waals surface area (Å²) in [5.74, 6) is 0. The van der Waals surface area contributed by atoms with Crippen molar-refractivity contribution in [2.45, 2.75) is 25.0 Å². The van der Waals surface area contributed by atoms with Gasteiger partial charge in [0.05, 0.1) is 5.04 Å². The van der Waals surface area contributed by atoms with Gasteiger partial charge in [0.25, 0.3) is 0 Å². The molecule has 1 aliphatic heterocycles. The van der Waals surface area contributed by atoms with E-state index < -0.39 is 0 Å². The minimum Gasteiger partial charge on any atom is -0.298 e. The quantitative estimate of drug-likeness (QED) is 0.512. The van der Waals surface area contributed by atoms with Gasteiger partial charge in [0, 0.05) is 5.25 Å². The van der Waals surface area contributed by atoms with Crippen LogP contribution < -0.4 is 0 Å². The SMILES string of the molecule is CC1CCC(=N)S1. The van der Waals surface area contributed by atoms with Crippen LogP contribution in [-0.2, 0) is 0 Å². The Morgan fingerprint density at radius 3 is 2.71 bits per heavy atom. The third-order valence-corrected chi connectivity index (χ3v) is 2.25. The van der Waals surface area contributed by atoms with Crippen LogP contribution in [0.1, 0.15) is 19.8 Å². The maximum atomic E-state index is 7.14. The highest BCUT2D eigenvalue weighted by molar-refractivity contribution is 8.14. The van der Waals surface area contributed by atoms with Crippen LogP contribution in [0.2, 0.25) is 0 Å². The number of nitrogens with one attached hydrogen (secondary N) is 1. The highest BCUT2D eigenvalue weighted by Crippen LogP contribution is 2.26. The molecule has 0 aromatic rings. The Kier molecular flexibility index (Phi) is 1.38. The van der Waals surface area contributed by atoms with Crippen LogP contribution >= 0.6 is 11.8 Å². The lowest BCUT2D eigenvalue weighted by Crippen LogP contribution is -1.82. The van der Waals surface area contributed by atoms with Gasteiger partial charge >= 0.3 is 0 Å². The highest BCUT2D eigenvalue weighted by Gasteiger charge is 2.14. The van der Waals surface area contributed by atoms with Gasteiger partial charge in [0.2, 0.25) is 0 Å². The zero-order valence-corrected chi connectivity index (χ0v) is 5.22. The molecule has 1 rings (SSSR count). The molecule has 0 aromatic heterocycles. The molecule has 1 unspecified atom stereocenters. The van der Waals surface area contributed by atoms with E-state index >= 15 is 0 Å². The smallest absolute Gasteiger partial charge is 0.0644 e. The maximum Gasteiger partial charge on any atom is 0.0644 e. The molecule has 1 heterocycles. The molecular weight excluding hydrogens is 106 g/mol. The molecule has 1 nitrogen and oxygen atoms in total. The predicted octanol–water partition coefficient (Wildman–Crippen LogP) is 1.88. The molecule has 1 fully saturated rings. The molecule has 40 valence electrons. The van der Waals surface area contributed by atoms with E-state index in [9.17, 15) is 0 Å². The average molecular weight is 115 g/mol. The van der Waals surface area contributed by atoms with E-state index in [1.165, 1.54) is 6.42 Å². The largest absolute Gasteiger partial charge is 0.298 e. The second-order valence-electron chi connectivity index (χ2n) is 1.89. The van der Waals surface area contributed by atoms with E-state index in [-0.39, 0.29) is 0 Å². The summed E-state index contributed by atoms with van der Waals surface area (Å²) in [5, 5.41) is 8.73. The standard InChI is InChI=1S/C5H9NS/c1-4-2-3-5(6)7-4/h4,6H,2-3H2,1H3. The van der Waals surface area contributed by atoms with Crippen molar-refractivity contribution >= 4 is 16.8 Å². The van der Waals surface area contributed by atoms with Crippen molar-refractivity contribution in [3.8, 4) is 0 Å². The van der Waals surface area contributed by atoms with Crippen LogP contribution in [0, 0.1) is 5.41 Å². The van der Waals surface area contributed by atoms with Gasteiger partial charge in [-0.3, -0.25) is 5.41 Å². The van der Waals surface area contributed by atoms with Crippen molar-refractivity contribution < 1.29 is 0 Å². The van der Waals surface area contributed by atoms with E-state index in [0.29, 0.717) is 5.25 Å². The van der Waals surface area contributed by atoms with Gasteiger partial charge in [-0.05, 0) is 12.8 Å². The second-order valence-corrected chi connectivity index (χ2v) is 3.42. The Hall–Kier alpha value is 0.0200. The van der Waals surface area contributed by atoms with Gasteiger partial charge in [-0.1, -0.05) is 6.92 Å². The molecule has 0 saturated carbocycles. The lowest BCUT2D eigenvalue weighted by atomic mass is 10.3.